The molecule has 1 atom stereocenters. The van der Waals surface area contributed by atoms with E-state index in [1.54, 1.807) is 0 Å². The number of anilines is 1. The van der Waals surface area contributed by atoms with Crippen LogP contribution in [0.15, 0.2) is 16.6 Å². The van der Waals surface area contributed by atoms with Crippen LogP contribution in [0.2, 0.25) is 0 Å². The Balaban J connectivity index is 2.22. The average Bonchev–Trinajstić information content (AvgIpc) is 2.38. The van der Waals surface area contributed by atoms with Gasteiger partial charge in [0.1, 0.15) is 12.1 Å². The van der Waals surface area contributed by atoms with Crippen LogP contribution in [0.4, 0.5) is 10.1 Å². The lowest BCUT2D eigenvalue weighted by Gasteiger charge is -2.24. The summed E-state index contributed by atoms with van der Waals surface area (Å²) in [6.07, 6.45) is 1.53. The molecule has 0 spiro atoms. The zero-order valence-electron chi connectivity index (χ0n) is 9.46. The minimum absolute atomic E-state index is 0.117. The molecule has 1 aliphatic heterocycles. The number of benzene rings is 1. The van der Waals surface area contributed by atoms with Gasteiger partial charge in [0.05, 0.1) is 15.7 Å². The molecule has 0 aromatic heterocycles. The SMILES string of the molecule is N#Cc1ccc(NC2CCCNC2=O)c(F)c1Br. The highest BCUT2D eigenvalue weighted by atomic mass is 79.9. The summed E-state index contributed by atoms with van der Waals surface area (Å²) >= 11 is 3.03. The molecular formula is C12H11BrFN3O. The molecule has 1 unspecified atom stereocenters. The summed E-state index contributed by atoms with van der Waals surface area (Å²) in [7, 11) is 0. The Morgan fingerprint density at radius 1 is 1.56 bits per heavy atom. The molecular weight excluding hydrogens is 301 g/mol. The number of nitriles is 1. The quantitative estimate of drug-likeness (QED) is 0.879. The Kier molecular flexibility index (Phi) is 3.82. The van der Waals surface area contributed by atoms with Gasteiger partial charge in [-0.15, -0.1) is 0 Å². The zero-order chi connectivity index (χ0) is 13.1. The van der Waals surface area contributed by atoms with Crippen molar-refractivity contribution in [3.63, 3.8) is 0 Å². The fourth-order valence-corrected chi connectivity index (χ4v) is 2.28. The summed E-state index contributed by atoms with van der Waals surface area (Å²) in [5.41, 5.74) is 0.453. The van der Waals surface area contributed by atoms with E-state index >= 15 is 0 Å². The lowest BCUT2D eigenvalue weighted by Crippen LogP contribution is -2.44. The number of hydrogen-bond donors (Lipinski definition) is 2. The molecule has 1 aromatic carbocycles. The van der Waals surface area contributed by atoms with E-state index in [1.165, 1.54) is 12.1 Å². The van der Waals surface area contributed by atoms with Crippen molar-refractivity contribution in [2.24, 2.45) is 0 Å². The standard InChI is InChI=1S/C12H11BrFN3O/c13-10-7(6-15)3-4-8(11(10)14)17-9-2-1-5-16-12(9)18/h3-4,9,17H,1-2,5H2,(H,16,18). The first-order valence-electron chi connectivity index (χ1n) is 5.56. The van der Waals surface area contributed by atoms with Crippen LogP contribution in [0, 0.1) is 17.1 Å². The van der Waals surface area contributed by atoms with E-state index < -0.39 is 11.9 Å². The van der Waals surface area contributed by atoms with Crippen molar-refractivity contribution in [3.8, 4) is 6.07 Å². The number of carbonyl (C=O) groups is 1. The second-order valence-corrected chi connectivity index (χ2v) is 4.82. The van der Waals surface area contributed by atoms with Gasteiger partial charge in [0.25, 0.3) is 0 Å². The molecule has 18 heavy (non-hydrogen) atoms. The predicted octanol–water partition coefficient (Wildman–Crippen LogP) is 2.15. The van der Waals surface area contributed by atoms with Gasteiger partial charge in [-0.3, -0.25) is 4.79 Å². The number of nitrogens with zero attached hydrogens (tertiary/aromatic N) is 1. The Labute approximate surface area is 112 Å². The van der Waals surface area contributed by atoms with Crippen LogP contribution in [0.1, 0.15) is 18.4 Å². The molecule has 1 amide bonds. The monoisotopic (exact) mass is 311 g/mol. The normalized spacial score (nSPS) is 18.9. The highest BCUT2D eigenvalue weighted by Crippen LogP contribution is 2.27. The van der Waals surface area contributed by atoms with Crippen LogP contribution in [0.5, 0.6) is 0 Å². The summed E-state index contributed by atoms with van der Waals surface area (Å²) in [5.74, 6) is -0.673. The van der Waals surface area contributed by atoms with E-state index in [0.717, 1.165) is 6.42 Å². The van der Waals surface area contributed by atoms with Gasteiger partial charge < -0.3 is 10.6 Å². The number of nitrogens with one attached hydrogen (secondary N) is 2. The molecule has 4 nitrogen and oxygen atoms in total. The van der Waals surface area contributed by atoms with Gasteiger partial charge >= 0.3 is 0 Å². The third kappa shape index (κ3) is 2.46. The fraction of sp³-hybridized carbons (Fsp3) is 0.333. The molecule has 6 heteroatoms. The number of amides is 1. The van der Waals surface area contributed by atoms with E-state index in [-0.39, 0.29) is 21.6 Å². The average molecular weight is 312 g/mol. The third-order valence-electron chi connectivity index (χ3n) is 2.82. The summed E-state index contributed by atoms with van der Waals surface area (Å²) in [5, 5.41) is 14.4. The summed E-state index contributed by atoms with van der Waals surface area (Å²) in [6, 6.07) is 4.44. The van der Waals surface area contributed by atoms with Crippen molar-refractivity contribution in [2.75, 3.05) is 11.9 Å². The largest absolute Gasteiger partial charge is 0.371 e. The van der Waals surface area contributed by atoms with Crippen LogP contribution in [0.3, 0.4) is 0 Å². The van der Waals surface area contributed by atoms with Crippen molar-refractivity contribution in [2.45, 2.75) is 18.9 Å². The van der Waals surface area contributed by atoms with Crippen molar-refractivity contribution < 1.29 is 9.18 Å². The molecule has 1 saturated heterocycles. The maximum absolute atomic E-state index is 13.9. The summed E-state index contributed by atoms with van der Waals surface area (Å²) < 4.78 is 14.1. The maximum Gasteiger partial charge on any atom is 0.242 e. The van der Waals surface area contributed by atoms with Gasteiger partial charge in [-0.1, -0.05) is 0 Å². The topological polar surface area (TPSA) is 64.9 Å². The molecule has 94 valence electrons. The molecule has 1 aliphatic rings. The van der Waals surface area contributed by atoms with Crippen molar-refractivity contribution >= 4 is 27.5 Å². The van der Waals surface area contributed by atoms with Gasteiger partial charge in [-0.05, 0) is 40.9 Å². The van der Waals surface area contributed by atoms with Gasteiger partial charge in [-0.25, -0.2) is 4.39 Å². The Morgan fingerprint density at radius 3 is 3.00 bits per heavy atom. The first kappa shape index (κ1) is 12.8. The minimum Gasteiger partial charge on any atom is -0.371 e. The minimum atomic E-state index is -0.549. The highest BCUT2D eigenvalue weighted by molar-refractivity contribution is 9.10. The highest BCUT2D eigenvalue weighted by Gasteiger charge is 2.23. The molecule has 0 bridgehead atoms. The Hall–Kier alpha value is -1.61. The molecule has 0 aliphatic carbocycles. The lowest BCUT2D eigenvalue weighted by atomic mass is 10.1. The Morgan fingerprint density at radius 2 is 2.33 bits per heavy atom. The van der Waals surface area contributed by atoms with E-state index in [0.29, 0.717) is 13.0 Å². The maximum atomic E-state index is 13.9. The van der Waals surface area contributed by atoms with E-state index in [9.17, 15) is 9.18 Å². The smallest absolute Gasteiger partial charge is 0.242 e. The molecule has 1 fully saturated rings. The van der Waals surface area contributed by atoms with E-state index in [1.807, 2.05) is 6.07 Å². The van der Waals surface area contributed by atoms with Crippen molar-refractivity contribution in [3.05, 3.63) is 28.0 Å². The first-order chi connectivity index (χ1) is 8.63. The molecule has 1 aromatic rings. The van der Waals surface area contributed by atoms with Crippen LogP contribution in [0.25, 0.3) is 0 Å². The second kappa shape index (κ2) is 5.36. The molecule has 0 saturated carbocycles. The van der Waals surface area contributed by atoms with Gasteiger partial charge in [0.15, 0.2) is 5.82 Å². The number of rotatable bonds is 2. The van der Waals surface area contributed by atoms with Gasteiger partial charge in [0, 0.05) is 6.54 Å². The summed E-state index contributed by atoms with van der Waals surface area (Å²) in [6.45, 7) is 0.663. The van der Waals surface area contributed by atoms with Crippen LogP contribution < -0.4 is 10.6 Å². The molecule has 2 N–H and O–H groups in total. The van der Waals surface area contributed by atoms with E-state index in [4.69, 9.17) is 5.26 Å². The van der Waals surface area contributed by atoms with Crippen molar-refractivity contribution in [1.82, 2.24) is 5.32 Å². The fourth-order valence-electron chi connectivity index (χ4n) is 1.84. The number of carbonyl (C=O) groups excluding carboxylic acids is 1. The number of piperidine rings is 1. The summed E-state index contributed by atoms with van der Waals surface area (Å²) in [4.78, 5) is 11.6. The predicted molar refractivity (Wildman–Crippen MR) is 68.5 cm³/mol. The van der Waals surface area contributed by atoms with Crippen LogP contribution >= 0.6 is 15.9 Å². The number of hydrogen-bond acceptors (Lipinski definition) is 3. The number of halogens is 2. The van der Waals surface area contributed by atoms with Crippen molar-refractivity contribution in [1.29, 1.82) is 5.26 Å². The van der Waals surface area contributed by atoms with Crippen LogP contribution in [-0.2, 0) is 4.79 Å². The molecule has 0 radical (unpaired) electrons. The van der Waals surface area contributed by atoms with E-state index in [2.05, 4.69) is 26.6 Å². The lowest BCUT2D eigenvalue weighted by molar-refractivity contribution is -0.123. The first-order valence-corrected chi connectivity index (χ1v) is 6.35. The van der Waals surface area contributed by atoms with Crippen LogP contribution in [-0.4, -0.2) is 18.5 Å². The van der Waals surface area contributed by atoms with Gasteiger partial charge in [-0.2, -0.15) is 5.26 Å². The third-order valence-corrected chi connectivity index (χ3v) is 3.59. The second-order valence-electron chi connectivity index (χ2n) is 4.03. The Bertz CT molecular complexity index is 527. The molecule has 2 rings (SSSR count). The van der Waals surface area contributed by atoms with Gasteiger partial charge in [0.2, 0.25) is 5.91 Å². The zero-order valence-corrected chi connectivity index (χ0v) is 11.1. The molecule has 1 heterocycles.